The molecule has 0 unspecified atom stereocenters. The zero-order valence-electron chi connectivity index (χ0n) is 8.75. The van der Waals surface area contributed by atoms with E-state index in [0.29, 0.717) is 0 Å². The van der Waals surface area contributed by atoms with Gasteiger partial charge in [-0.15, -0.1) is 12.4 Å². The van der Waals surface area contributed by atoms with Crippen molar-refractivity contribution >= 4 is 12.4 Å². The molecule has 1 aromatic carbocycles. The standard InChI is InChI=1S/C11H17NO.ClH/c1-3-13-11-6-4-10(5-7-11)8-9-12-2;/h4-7,12H,3,8-9H2,1-2H3;1H. The molecule has 0 radical (unpaired) electrons. The molecule has 3 heteroatoms. The normalized spacial score (nSPS) is 9.29. The molecular formula is C11H18ClNO. The lowest BCUT2D eigenvalue weighted by Gasteiger charge is -2.04. The van der Waals surface area contributed by atoms with Crippen LogP contribution in [0.15, 0.2) is 24.3 Å². The molecule has 0 spiro atoms. The van der Waals surface area contributed by atoms with E-state index >= 15 is 0 Å². The number of benzene rings is 1. The third kappa shape index (κ3) is 4.49. The third-order valence-electron chi connectivity index (χ3n) is 1.90. The van der Waals surface area contributed by atoms with Crippen molar-refractivity contribution < 1.29 is 4.74 Å². The molecular weight excluding hydrogens is 198 g/mol. The van der Waals surface area contributed by atoms with E-state index in [1.54, 1.807) is 0 Å². The second kappa shape index (κ2) is 7.65. The molecule has 1 aromatic rings. The zero-order chi connectivity index (χ0) is 9.52. The highest BCUT2D eigenvalue weighted by Gasteiger charge is 1.93. The third-order valence-corrected chi connectivity index (χ3v) is 1.90. The predicted octanol–water partition coefficient (Wildman–Crippen LogP) is 2.27. The van der Waals surface area contributed by atoms with Crippen LogP contribution < -0.4 is 10.1 Å². The number of hydrogen-bond acceptors (Lipinski definition) is 2. The Labute approximate surface area is 92.1 Å². The highest BCUT2D eigenvalue weighted by atomic mass is 35.5. The van der Waals surface area contributed by atoms with Gasteiger partial charge in [-0.2, -0.15) is 0 Å². The fourth-order valence-corrected chi connectivity index (χ4v) is 1.19. The maximum absolute atomic E-state index is 5.35. The Morgan fingerprint density at radius 1 is 1.21 bits per heavy atom. The van der Waals surface area contributed by atoms with Crippen molar-refractivity contribution in [3.8, 4) is 5.75 Å². The fraction of sp³-hybridized carbons (Fsp3) is 0.455. The summed E-state index contributed by atoms with van der Waals surface area (Å²) in [5.74, 6) is 0.954. The van der Waals surface area contributed by atoms with Crippen LogP contribution in [0.4, 0.5) is 0 Å². The molecule has 2 nitrogen and oxygen atoms in total. The number of likely N-dealkylation sites (N-methyl/N-ethyl adjacent to an activating group) is 1. The molecule has 0 atom stereocenters. The van der Waals surface area contributed by atoms with Gasteiger partial charge in [0.1, 0.15) is 5.75 Å². The molecule has 14 heavy (non-hydrogen) atoms. The highest BCUT2D eigenvalue weighted by molar-refractivity contribution is 5.85. The lowest BCUT2D eigenvalue weighted by molar-refractivity contribution is 0.340. The van der Waals surface area contributed by atoms with Gasteiger partial charge in [0.05, 0.1) is 6.61 Å². The van der Waals surface area contributed by atoms with Gasteiger partial charge in [0.15, 0.2) is 0 Å². The van der Waals surface area contributed by atoms with Crippen LogP contribution in [0.5, 0.6) is 5.75 Å². The lowest BCUT2D eigenvalue weighted by atomic mass is 10.1. The molecule has 0 aliphatic carbocycles. The summed E-state index contributed by atoms with van der Waals surface area (Å²) in [5, 5.41) is 3.12. The zero-order valence-corrected chi connectivity index (χ0v) is 9.56. The van der Waals surface area contributed by atoms with Gasteiger partial charge >= 0.3 is 0 Å². The van der Waals surface area contributed by atoms with Crippen molar-refractivity contribution in [2.24, 2.45) is 0 Å². The van der Waals surface area contributed by atoms with Crippen LogP contribution in [-0.2, 0) is 6.42 Å². The van der Waals surface area contributed by atoms with Crippen molar-refractivity contribution in [1.82, 2.24) is 5.32 Å². The predicted molar refractivity (Wildman–Crippen MR) is 62.5 cm³/mol. The first-order valence-electron chi connectivity index (χ1n) is 4.73. The van der Waals surface area contributed by atoms with Crippen molar-refractivity contribution in [3.05, 3.63) is 29.8 Å². The van der Waals surface area contributed by atoms with Crippen LogP contribution in [0.2, 0.25) is 0 Å². The van der Waals surface area contributed by atoms with Crippen LogP contribution in [0.1, 0.15) is 12.5 Å². The summed E-state index contributed by atoms with van der Waals surface area (Å²) in [5.41, 5.74) is 1.35. The quantitative estimate of drug-likeness (QED) is 0.814. The Morgan fingerprint density at radius 2 is 1.86 bits per heavy atom. The second-order valence-corrected chi connectivity index (χ2v) is 2.93. The van der Waals surface area contributed by atoms with E-state index in [-0.39, 0.29) is 12.4 Å². The van der Waals surface area contributed by atoms with Gasteiger partial charge in [-0.1, -0.05) is 12.1 Å². The minimum absolute atomic E-state index is 0. The molecule has 1 rings (SSSR count). The van der Waals surface area contributed by atoms with E-state index in [4.69, 9.17) is 4.74 Å². The van der Waals surface area contributed by atoms with Gasteiger partial charge in [-0.05, 0) is 44.6 Å². The van der Waals surface area contributed by atoms with Gasteiger partial charge < -0.3 is 10.1 Å². The summed E-state index contributed by atoms with van der Waals surface area (Å²) in [6.07, 6.45) is 1.07. The average Bonchev–Trinajstić information content (AvgIpc) is 2.17. The number of hydrogen-bond donors (Lipinski definition) is 1. The summed E-state index contributed by atoms with van der Waals surface area (Å²) < 4.78 is 5.35. The molecule has 0 bridgehead atoms. The molecule has 0 saturated carbocycles. The largest absolute Gasteiger partial charge is 0.494 e. The summed E-state index contributed by atoms with van der Waals surface area (Å²) in [6, 6.07) is 8.27. The maximum atomic E-state index is 5.35. The van der Waals surface area contributed by atoms with E-state index in [0.717, 1.165) is 25.3 Å². The SMILES string of the molecule is CCOc1ccc(CCNC)cc1.Cl. The van der Waals surface area contributed by atoms with Crippen LogP contribution in [-0.4, -0.2) is 20.2 Å². The van der Waals surface area contributed by atoms with Gasteiger partial charge in [-0.3, -0.25) is 0 Å². The van der Waals surface area contributed by atoms with E-state index in [1.165, 1.54) is 5.56 Å². The molecule has 0 aromatic heterocycles. The number of rotatable bonds is 5. The molecule has 0 amide bonds. The Hall–Kier alpha value is -0.730. The topological polar surface area (TPSA) is 21.3 Å². The Morgan fingerprint density at radius 3 is 2.36 bits per heavy atom. The van der Waals surface area contributed by atoms with Crippen LogP contribution >= 0.6 is 12.4 Å². The van der Waals surface area contributed by atoms with Gasteiger partial charge in [0.2, 0.25) is 0 Å². The first-order valence-corrected chi connectivity index (χ1v) is 4.73. The summed E-state index contributed by atoms with van der Waals surface area (Å²) in [4.78, 5) is 0. The lowest BCUT2D eigenvalue weighted by Crippen LogP contribution is -2.10. The van der Waals surface area contributed by atoms with Gasteiger partial charge in [-0.25, -0.2) is 0 Å². The molecule has 0 aliphatic rings. The van der Waals surface area contributed by atoms with Crippen LogP contribution in [0.3, 0.4) is 0 Å². The highest BCUT2D eigenvalue weighted by Crippen LogP contribution is 2.11. The molecule has 0 fully saturated rings. The van der Waals surface area contributed by atoms with E-state index < -0.39 is 0 Å². The number of halogens is 1. The van der Waals surface area contributed by atoms with Crippen molar-refractivity contribution in [1.29, 1.82) is 0 Å². The first kappa shape index (κ1) is 13.3. The Balaban J connectivity index is 0.00000169. The van der Waals surface area contributed by atoms with E-state index in [9.17, 15) is 0 Å². The minimum Gasteiger partial charge on any atom is -0.494 e. The Bertz CT molecular complexity index is 236. The average molecular weight is 216 g/mol. The molecule has 80 valence electrons. The van der Waals surface area contributed by atoms with Crippen LogP contribution in [0, 0.1) is 0 Å². The summed E-state index contributed by atoms with van der Waals surface area (Å²) in [6.45, 7) is 3.75. The maximum Gasteiger partial charge on any atom is 0.119 e. The smallest absolute Gasteiger partial charge is 0.119 e. The number of nitrogens with one attached hydrogen (secondary N) is 1. The van der Waals surface area contributed by atoms with Crippen molar-refractivity contribution in [2.45, 2.75) is 13.3 Å². The van der Waals surface area contributed by atoms with E-state index in [2.05, 4.69) is 17.4 Å². The molecule has 0 aliphatic heterocycles. The monoisotopic (exact) mass is 215 g/mol. The number of ether oxygens (including phenoxy) is 1. The molecule has 1 N–H and O–H groups in total. The van der Waals surface area contributed by atoms with Crippen LogP contribution in [0.25, 0.3) is 0 Å². The summed E-state index contributed by atoms with van der Waals surface area (Å²) in [7, 11) is 1.97. The Kier molecular flexibility index (Phi) is 7.25. The van der Waals surface area contributed by atoms with E-state index in [1.807, 2.05) is 26.1 Å². The molecule has 0 heterocycles. The summed E-state index contributed by atoms with van der Waals surface area (Å²) >= 11 is 0. The molecule has 0 saturated heterocycles. The second-order valence-electron chi connectivity index (χ2n) is 2.93. The minimum atomic E-state index is 0. The fourth-order valence-electron chi connectivity index (χ4n) is 1.19. The van der Waals surface area contributed by atoms with Gasteiger partial charge in [0.25, 0.3) is 0 Å². The first-order chi connectivity index (χ1) is 6.36. The van der Waals surface area contributed by atoms with Crippen molar-refractivity contribution in [3.63, 3.8) is 0 Å². The van der Waals surface area contributed by atoms with Crippen molar-refractivity contribution in [2.75, 3.05) is 20.2 Å². The van der Waals surface area contributed by atoms with Gasteiger partial charge in [0, 0.05) is 0 Å².